The average molecular weight is 415 g/mol. The van der Waals surface area contributed by atoms with Crippen LogP contribution in [0.25, 0.3) is 22.1 Å². The molecule has 3 aromatic rings. The predicted octanol–water partition coefficient (Wildman–Crippen LogP) is 3.92. The molecule has 6 nitrogen and oxygen atoms in total. The fourth-order valence-electron chi connectivity index (χ4n) is 2.89. The molecule has 0 aliphatic heterocycles. The van der Waals surface area contributed by atoms with Crippen LogP contribution in [0.1, 0.15) is 23.9 Å². The molecule has 144 valence electrons. The first kappa shape index (κ1) is 20.1. The van der Waals surface area contributed by atoms with E-state index in [1.807, 2.05) is 17.6 Å². The fourth-order valence-corrected chi connectivity index (χ4v) is 4.08. The van der Waals surface area contributed by atoms with Crippen molar-refractivity contribution in [2.24, 2.45) is 0 Å². The Bertz CT molecular complexity index is 1220. The van der Waals surface area contributed by atoms with Crippen LogP contribution in [-0.2, 0) is 16.6 Å². The quantitative estimate of drug-likeness (QED) is 0.633. The van der Waals surface area contributed by atoms with Gasteiger partial charge in [0.2, 0.25) is 10.0 Å². The third-order valence-corrected chi connectivity index (χ3v) is 6.43. The standard InChI is InChI=1S/C20H19ClN4O2S/c1-4-25-19-9-8-16(28(26,27)24(2)3)12-18(19)23-20(25)17(21)11-14-6-5-7-15(10-14)13-22/h5-12H,4H2,1-3H3/b17-11-. The number of aromatic nitrogens is 2. The van der Waals surface area contributed by atoms with Crippen molar-refractivity contribution in [3.05, 3.63) is 59.4 Å². The van der Waals surface area contributed by atoms with Crippen LogP contribution in [-0.4, -0.2) is 36.4 Å². The highest BCUT2D eigenvalue weighted by Crippen LogP contribution is 2.28. The molecule has 8 heteroatoms. The lowest BCUT2D eigenvalue weighted by atomic mass is 10.1. The summed E-state index contributed by atoms with van der Waals surface area (Å²) in [5.41, 5.74) is 2.68. The Morgan fingerprint density at radius 3 is 2.68 bits per heavy atom. The van der Waals surface area contributed by atoms with Crippen LogP contribution in [0.5, 0.6) is 0 Å². The molecule has 0 spiro atoms. The minimum absolute atomic E-state index is 0.180. The van der Waals surface area contributed by atoms with E-state index < -0.39 is 10.0 Å². The number of fused-ring (bicyclic) bond motifs is 1. The van der Waals surface area contributed by atoms with E-state index in [0.29, 0.717) is 28.5 Å². The highest BCUT2D eigenvalue weighted by molar-refractivity contribution is 7.89. The molecule has 0 unspecified atom stereocenters. The summed E-state index contributed by atoms with van der Waals surface area (Å²) >= 11 is 6.54. The Morgan fingerprint density at radius 1 is 1.29 bits per heavy atom. The Morgan fingerprint density at radius 2 is 2.04 bits per heavy atom. The van der Waals surface area contributed by atoms with Gasteiger partial charge in [-0.1, -0.05) is 23.7 Å². The van der Waals surface area contributed by atoms with Crippen LogP contribution >= 0.6 is 11.6 Å². The summed E-state index contributed by atoms with van der Waals surface area (Å²) in [6.45, 7) is 2.59. The van der Waals surface area contributed by atoms with E-state index in [9.17, 15) is 8.42 Å². The van der Waals surface area contributed by atoms with Crippen molar-refractivity contribution in [1.82, 2.24) is 13.9 Å². The number of nitriles is 1. The Hall–Kier alpha value is -2.66. The van der Waals surface area contributed by atoms with Crippen molar-refractivity contribution in [1.29, 1.82) is 5.26 Å². The van der Waals surface area contributed by atoms with Crippen LogP contribution in [0.15, 0.2) is 47.4 Å². The molecule has 0 aliphatic carbocycles. The summed E-state index contributed by atoms with van der Waals surface area (Å²) in [4.78, 5) is 4.75. The molecular formula is C20H19ClN4O2S. The second kappa shape index (κ2) is 7.76. The van der Waals surface area contributed by atoms with Gasteiger partial charge in [-0.3, -0.25) is 0 Å². The predicted molar refractivity (Wildman–Crippen MR) is 111 cm³/mol. The van der Waals surface area contributed by atoms with Crippen molar-refractivity contribution in [3.63, 3.8) is 0 Å². The highest BCUT2D eigenvalue weighted by Gasteiger charge is 2.20. The summed E-state index contributed by atoms with van der Waals surface area (Å²) in [6, 6.07) is 14.1. The molecule has 1 heterocycles. The lowest BCUT2D eigenvalue weighted by molar-refractivity contribution is 0.521. The third kappa shape index (κ3) is 3.67. The maximum Gasteiger partial charge on any atom is 0.242 e. The van der Waals surface area contributed by atoms with Crippen LogP contribution in [0.4, 0.5) is 0 Å². The van der Waals surface area contributed by atoms with E-state index in [1.165, 1.54) is 18.4 Å². The summed E-state index contributed by atoms with van der Waals surface area (Å²) in [6.07, 6.45) is 1.74. The van der Waals surface area contributed by atoms with Gasteiger partial charge in [0, 0.05) is 20.6 Å². The molecular weight excluding hydrogens is 396 g/mol. The van der Waals surface area contributed by atoms with E-state index in [0.717, 1.165) is 11.1 Å². The SMILES string of the molecule is CCn1c(/C(Cl)=C/c2cccc(C#N)c2)nc2cc(S(=O)(=O)N(C)C)ccc21. The van der Waals surface area contributed by atoms with Crippen molar-refractivity contribution in [2.75, 3.05) is 14.1 Å². The number of benzene rings is 2. The monoisotopic (exact) mass is 414 g/mol. The Balaban J connectivity index is 2.13. The van der Waals surface area contributed by atoms with Crippen molar-refractivity contribution < 1.29 is 8.42 Å². The van der Waals surface area contributed by atoms with E-state index in [2.05, 4.69) is 11.1 Å². The van der Waals surface area contributed by atoms with Crippen molar-refractivity contribution in [2.45, 2.75) is 18.4 Å². The maximum absolute atomic E-state index is 12.4. The normalized spacial score (nSPS) is 12.5. The molecule has 0 N–H and O–H groups in total. The van der Waals surface area contributed by atoms with E-state index in [4.69, 9.17) is 16.9 Å². The number of rotatable bonds is 5. The minimum Gasteiger partial charge on any atom is -0.324 e. The molecule has 0 radical (unpaired) electrons. The molecule has 3 rings (SSSR count). The van der Waals surface area contributed by atoms with Crippen LogP contribution in [0, 0.1) is 11.3 Å². The molecule has 0 fully saturated rings. The Labute approximate surface area is 169 Å². The number of sulfonamides is 1. The third-order valence-electron chi connectivity index (χ3n) is 4.34. The number of nitrogens with zero attached hydrogens (tertiary/aromatic N) is 4. The molecule has 0 atom stereocenters. The van der Waals surface area contributed by atoms with Gasteiger partial charge < -0.3 is 4.57 Å². The van der Waals surface area contributed by atoms with E-state index in [1.54, 1.807) is 42.5 Å². The van der Waals surface area contributed by atoms with Crippen LogP contribution in [0.2, 0.25) is 0 Å². The molecule has 0 saturated heterocycles. The first-order chi connectivity index (χ1) is 13.3. The molecule has 2 aromatic carbocycles. The summed E-state index contributed by atoms with van der Waals surface area (Å²) < 4.78 is 27.9. The number of aryl methyl sites for hydroxylation is 1. The smallest absolute Gasteiger partial charge is 0.242 e. The largest absolute Gasteiger partial charge is 0.324 e. The summed E-state index contributed by atoms with van der Waals surface area (Å²) in [5.74, 6) is 0.543. The zero-order valence-electron chi connectivity index (χ0n) is 15.7. The van der Waals surface area contributed by atoms with Gasteiger partial charge in [-0.2, -0.15) is 5.26 Å². The van der Waals surface area contributed by atoms with Crippen LogP contribution < -0.4 is 0 Å². The van der Waals surface area contributed by atoms with Crippen molar-refractivity contribution in [3.8, 4) is 6.07 Å². The minimum atomic E-state index is -3.55. The van der Waals surface area contributed by atoms with Gasteiger partial charge in [0.25, 0.3) is 0 Å². The van der Waals surface area contributed by atoms with Gasteiger partial charge in [0.15, 0.2) is 5.82 Å². The van der Waals surface area contributed by atoms with Gasteiger partial charge in [-0.05, 0) is 48.9 Å². The zero-order chi connectivity index (χ0) is 20.5. The molecule has 0 saturated carbocycles. The molecule has 0 bridgehead atoms. The number of hydrogen-bond donors (Lipinski definition) is 0. The van der Waals surface area contributed by atoms with Gasteiger partial charge in [-0.15, -0.1) is 0 Å². The van der Waals surface area contributed by atoms with Gasteiger partial charge in [0.05, 0.1) is 32.6 Å². The lowest BCUT2D eigenvalue weighted by Crippen LogP contribution is -2.22. The summed E-state index contributed by atoms with van der Waals surface area (Å²) in [7, 11) is -0.568. The van der Waals surface area contributed by atoms with Gasteiger partial charge >= 0.3 is 0 Å². The lowest BCUT2D eigenvalue weighted by Gasteiger charge is -2.11. The van der Waals surface area contributed by atoms with E-state index >= 15 is 0 Å². The van der Waals surface area contributed by atoms with Gasteiger partial charge in [0.1, 0.15) is 0 Å². The first-order valence-electron chi connectivity index (χ1n) is 8.58. The van der Waals surface area contributed by atoms with Crippen LogP contribution in [0.3, 0.4) is 0 Å². The molecule has 1 aromatic heterocycles. The maximum atomic E-state index is 12.4. The Kier molecular flexibility index (Phi) is 5.57. The average Bonchev–Trinajstić information content (AvgIpc) is 3.05. The van der Waals surface area contributed by atoms with E-state index in [-0.39, 0.29) is 4.90 Å². The fraction of sp³-hybridized carbons (Fsp3) is 0.200. The molecule has 0 aliphatic rings. The topological polar surface area (TPSA) is 79.0 Å². The zero-order valence-corrected chi connectivity index (χ0v) is 17.3. The second-order valence-corrected chi connectivity index (χ2v) is 8.91. The van der Waals surface area contributed by atoms with Gasteiger partial charge in [-0.25, -0.2) is 17.7 Å². The van der Waals surface area contributed by atoms with Crippen molar-refractivity contribution >= 4 is 43.8 Å². The number of imidazole rings is 1. The number of hydrogen-bond acceptors (Lipinski definition) is 4. The number of halogens is 1. The summed E-state index contributed by atoms with van der Waals surface area (Å²) in [5, 5.41) is 9.46. The molecule has 28 heavy (non-hydrogen) atoms. The molecule has 0 amide bonds. The first-order valence-corrected chi connectivity index (χ1v) is 10.4. The highest BCUT2D eigenvalue weighted by atomic mass is 35.5. The second-order valence-electron chi connectivity index (χ2n) is 6.35.